The molecule has 0 unspecified atom stereocenters. The molecular weight excluding hydrogens is 597 g/mol. The van der Waals surface area contributed by atoms with Gasteiger partial charge in [0.2, 0.25) is 0 Å². The summed E-state index contributed by atoms with van der Waals surface area (Å²) in [4.78, 5) is 2.51. The predicted molar refractivity (Wildman–Crippen MR) is 205 cm³/mol. The lowest BCUT2D eigenvalue weighted by atomic mass is 9.63. The molecule has 1 aliphatic heterocycles. The molecule has 49 heavy (non-hydrogen) atoms. The van der Waals surface area contributed by atoms with Gasteiger partial charge >= 0.3 is 7.48 Å². The number of rotatable bonds is 5. The number of fused-ring (bicyclic) bond motifs is 13. The molecule has 2 aliphatic rings. The molecular formula is C45H38BNO2. The molecule has 0 radical (unpaired) electrons. The molecule has 1 aliphatic carbocycles. The van der Waals surface area contributed by atoms with Crippen molar-refractivity contribution < 1.29 is 9.76 Å². The Kier molecular flexibility index (Phi) is 6.52. The van der Waals surface area contributed by atoms with Crippen molar-refractivity contribution in [3.8, 4) is 11.1 Å². The Balaban J connectivity index is 1.42. The van der Waals surface area contributed by atoms with Crippen LogP contribution in [0.4, 0.5) is 17.1 Å². The van der Waals surface area contributed by atoms with Crippen molar-refractivity contribution in [3.63, 3.8) is 0 Å². The van der Waals surface area contributed by atoms with Crippen molar-refractivity contribution >= 4 is 51.6 Å². The number of para-hydroxylation sites is 1. The van der Waals surface area contributed by atoms with Crippen molar-refractivity contribution in [1.82, 2.24) is 0 Å². The van der Waals surface area contributed by atoms with E-state index >= 15 is 0 Å². The molecule has 9 rings (SSSR count). The average molecular weight is 636 g/mol. The Morgan fingerprint density at radius 1 is 0.551 bits per heavy atom. The molecule has 0 amide bonds. The van der Waals surface area contributed by atoms with Crippen LogP contribution in [-0.4, -0.2) is 23.8 Å². The molecule has 0 saturated carbocycles. The summed E-state index contributed by atoms with van der Waals surface area (Å²) in [5.74, 6) is 0. The third-order valence-electron chi connectivity index (χ3n) is 11.3. The van der Waals surface area contributed by atoms with E-state index in [2.05, 4.69) is 150 Å². The number of aliphatic hydroxyl groups is 1. The quantitative estimate of drug-likeness (QED) is 0.191. The van der Waals surface area contributed by atoms with Crippen LogP contribution in [0.25, 0.3) is 32.7 Å². The first-order chi connectivity index (χ1) is 23.7. The second-order valence-electron chi connectivity index (χ2n) is 14.6. The Bertz CT molecular complexity index is 2340. The lowest BCUT2D eigenvalue weighted by molar-refractivity contribution is -0.0893. The molecule has 0 bridgehead atoms. The molecule has 1 spiro atoms. The van der Waals surface area contributed by atoms with Crippen molar-refractivity contribution in [2.45, 2.75) is 44.3 Å². The summed E-state index contributed by atoms with van der Waals surface area (Å²) in [6.07, 6.45) is 0. The van der Waals surface area contributed by atoms with Gasteiger partial charge in [-0.2, -0.15) is 0 Å². The first kappa shape index (κ1) is 29.9. The molecule has 1 heterocycles. The third-order valence-corrected chi connectivity index (χ3v) is 11.3. The van der Waals surface area contributed by atoms with Gasteiger partial charge in [-0.15, -0.1) is 0 Å². The van der Waals surface area contributed by atoms with Gasteiger partial charge in [-0.3, -0.25) is 0 Å². The number of anilines is 3. The molecule has 0 atom stereocenters. The molecule has 3 nitrogen and oxygen atoms in total. The standard InChI is InChI=1S/C45H38BNO2/c1-43(2,48)44(3,4)49-46-31-24-25-36-35-20-12-13-21-37(35)45(40(36)28-31)38-26-22-29-14-8-10-18-33(29)41(38)47(32-16-6-5-7-17-32)42-34-19-11-9-15-30(34)23-27-39(42)45/h5-28,46,48H,1-4H3. The van der Waals surface area contributed by atoms with Gasteiger partial charge < -0.3 is 14.7 Å². The summed E-state index contributed by atoms with van der Waals surface area (Å²) in [6, 6.07) is 53.5. The Morgan fingerprint density at radius 3 is 1.73 bits per heavy atom. The summed E-state index contributed by atoms with van der Waals surface area (Å²) >= 11 is 0. The maximum absolute atomic E-state index is 10.9. The molecule has 1 N–H and O–H groups in total. The van der Waals surface area contributed by atoms with E-state index in [1.807, 2.05) is 27.7 Å². The summed E-state index contributed by atoms with van der Waals surface area (Å²) in [7, 11) is 0.391. The maximum atomic E-state index is 10.9. The van der Waals surface area contributed by atoms with Crippen LogP contribution in [0.5, 0.6) is 0 Å². The number of hydrogen-bond donors (Lipinski definition) is 1. The van der Waals surface area contributed by atoms with E-state index in [-0.39, 0.29) is 0 Å². The number of hydrogen-bond acceptors (Lipinski definition) is 3. The van der Waals surface area contributed by atoms with Gasteiger partial charge in [-0.1, -0.05) is 139 Å². The normalized spacial score (nSPS) is 14.4. The summed E-state index contributed by atoms with van der Waals surface area (Å²) < 4.78 is 6.46. The van der Waals surface area contributed by atoms with E-state index in [4.69, 9.17) is 4.65 Å². The van der Waals surface area contributed by atoms with Crippen LogP contribution in [0.3, 0.4) is 0 Å². The topological polar surface area (TPSA) is 32.7 Å². The minimum atomic E-state index is -0.995. The van der Waals surface area contributed by atoms with E-state index in [0.29, 0.717) is 7.48 Å². The summed E-state index contributed by atoms with van der Waals surface area (Å²) in [5, 5.41) is 15.7. The van der Waals surface area contributed by atoms with Crippen LogP contribution in [0.1, 0.15) is 49.9 Å². The van der Waals surface area contributed by atoms with Gasteiger partial charge in [-0.25, -0.2) is 0 Å². The molecule has 4 heteroatoms. The van der Waals surface area contributed by atoms with Gasteiger partial charge in [0.1, 0.15) is 0 Å². The second-order valence-corrected chi connectivity index (χ2v) is 14.6. The number of benzene rings is 7. The zero-order valence-corrected chi connectivity index (χ0v) is 28.4. The van der Waals surface area contributed by atoms with Crippen molar-refractivity contribution in [2.24, 2.45) is 0 Å². The molecule has 7 aromatic carbocycles. The Labute approximate surface area is 288 Å². The molecule has 238 valence electrons. The van der Waals surface area contributed by atoms with E-state index in [0.717, 1.165) is 11.2 Å². The van der Waals surface area contributed by atoms with E-state index < -0.39 is 16.6 Å². The Morgan fingerprint density at radius 2 is 1.10 bits per heavy atom. The molecule has 7 aromatic rings. The fourth-order valence-corrected chi connectivity index (χ4v) is 8.13. The first-order valence-electron chi connectivity index (χ1n) is 17.2. The minimum Gasteiger partial charge on any atom is -0.427 e. The fraction of sp³-hybridized carbons (Fsp3) is 0.156. The second kappa shape index (κ2) is 10.7. The van der Waals surface area contributed by atoms with Gasteiger partial charge in [0.15, 0.2) is 0 Å². The monoisotopic (exact) mass is 635 g/mol. The molecule has 0 fully saturated rings. The van der Waals surface area contributed by atoms with Crippen LogP contribution in [0, 0.1) is 0 Å². The van der Waals surface area contributed by atoms with Gasteiger partial charge in [0, 0.05) is 16.5 Å². The van der Waals surface area contributed by atoms with Crippen LogP contribution >= 0.6 is 0 Å². The highest BCUT2D eigenvalue weighted by molar-refractivity contribution is 6.47. The van der Waals surface area contributed by atoms with Gasteiger partial charge in [0.05, 0.1) is 28.0 Å². The maximum Gasteiger partial charge on any atom is 0.309 e. The highest BCUT2D eigenvalue weighted by Crippen LogP contribution is 2.65. The highest BCUT2D eigenvalue weighted by atomic mass is 16.5. The van der Waals surface area contributed by atoms with Gasteiger partial charge in [0.25, 0.3) is 0 Å². The molecule has 0 saturated heterocycles. The van der Waals surface area contributed by atoms with E-state index in [9.17, 15) is 5.11 Å². The van der Waals surface area contributed by atoms with Crippen molar-refractivity contribution in [3.05, 3.63) is 168 Å². The largest absolute Gasteiger partial charge is 0.427 e. The first-order valence-corrected chi connectivity index (χ1v) is 17.2. The lowest BCUT2D eigenvalue weighted by Crippen LogP contribution is -2.49. The summed E-state index contributed by atoms with van der Waals surface area (Å²) in [5.41, 5.74) is 9.90. The summed E-state index contributed by atoms with van der Waals surface area (Å²) in [6.45, 7) is 7.54. The van der Waals surface area contributed by atoms with Crippen LogP contribution in [0.15, 0.2) is 146 Å². The van der Waals surface area contributed by atoms with Gasteiger partial charge in [-0.05, 0) is 84.0 Å². The fourth-order valence-electron chi connectivity index (χ4n) is 8.13. The van der Waals surface area contributed by atoms with Crippen LogP contribution in [-0.2, 0) is 10.1 Å². The highest BCUT2D eigenvalue weighted by Gasteiger charge is 2.52. The molecule has 0 aromatic heterocycles. The van der Waals surface area contributed by atoms with E-state index in [1.165, 1.54) is 66.3 Å². The lowest BCUT2D eigenvalue weighted by Gasteiger charge is -2.46. The zero-order valence-electron chi connectivity index (χ0n) is 28.4. The minimum absolute atomic E-state index is 0.391. The van der Waals surface area contributed by atoms with E-state index in [1.54, 1.807) is 0 Å². The smallest absolute Gasteiger partial charge is 0.309 e. The number of nitrogens with zero attached hydrogens (tertiary/aromatic N) is 1. The van der Waals surface area contributed by atoms with Crippen LogP contribution < -0.4 is 10.4 Å². The van der Waals surface area contributed by atoms with Crippen LogP contribution in [0.2, 0.25) is 0 Å². The zero-order chi connectivity index (χ0) is 33.5. The predicted octanol–water partition coefficient (Wildman–Crippen LogP) is 9.68. The Hall–Kier alpha value is -5.16. The average Bonchev–Trinajstić information content (AvgIpc) is 3.40. The third kappa shape index (κ3) is 4.24. The SMILES string of the molecule is CC(C)(O)C(C)(C)OBc1ccc2c(c1)C1(c3ccccc3-2)c2ccc3ccccc3c2N(c2ccccc2)c2c1ccc1ccccc21. The van der Waals surface area contributed by atoms with Crippen molar-refractivity contribution in [1.29, 1.82) is 0 Å². The van der Waals surface area contributed by atoms with Crippen molar-refractivity contribution in [2.75, 3.05) is 4.90 Å².